The van der Waals surface area contributed by atoms with Gasteiger partial charge < -0.3 is 9.64 Å². The van der Waals surface area contributed by atoms with Crippen molar-refractivity contribution in [3.8, 4) is 0 Å². The lowest BCUT2D eigenvalue weighted by Crippen LogP contribution is -2.49. The zero-order valence-corrected chi connectivity index (χ0v) is 19.8. The molecule has 2 rings (SSSR count). The second-order valence-corrected chi connectivity index (χ2v) is 12.9. The van der Waals surface area contributed by atoms with Gasteiger partial charge in [-0.2, -0.15) is 4.31 Å². The third kappa shape index (κ3) is 5.00. The van der Waals surface area contributed by atoms with Gasteiger partial charge in [0, 0.05) is 44.3 Å². The summed E-state index contributed by atoms with van der Waals surface area (Å²) in [7, 11) is -6.45. The lowest BCUT2D eigenvalue weighted by molar-refractivity contribution is -0.142. The third-order valence-electron chi connectivity index (χ3n) is 4.67. The van der Waals surface area contributed by atoms with E-state index in [-0.39, 0.29) is 27.4 Å². The minimum absolute atomic E-state index is 0.0511. The number of carbonyl (C=O) groups is 1. The van der Waals surface area contributed by atoms with Crippen LogP contribution in [0, 0.1) is 5.41 Å². The van der Waals surface area contributed by atoms with Crippen LogP contribution in [0.3, 0.4) is 0 Å². The van der Waals surface area contributed by atoms with Crippen LogP contribution in [0.15, 0.2) is 14.5 Å². The summed E-state index contributed by atoms with van der Waals surface area (Å²) in [6.07, 6.45) is 0.477. The van der Waals surface area contributed by atoms with E-state index in [4.69, 9.17) is 9.88 Å². The number of amides is 1. The van der Waals surface area contributed by atoms with Gasteiger partial charge in [-0.05, 0) is 19.4 Å². The third-order valence-corrected chi connectivity index (χ3v) is 9.63. The fourth-order valence-electron chi connectivity index (χ4n) is 3.25. The number of primary sulfonamides is 1. The quantitative estimate of drug-likeness (QED) is 0.604. The molecule has 1 atom stereocenters. The maximum absolute atomic E-state index is 13.1. The molecule has 0 fully saturated rings. The molecule has 1 aliphatic heterocycles. The number of nitrogens with two attached hydrogens (primary N) is 1. The highest BCUT2D eigenvalue weighted by atomic mass is 32.3. The van der Waals surface area contributed by atoms with E-state index in [0.29, 0.717) is 36.5 Å². The number of thiophene rings is 1. The minimum Gasteiger partial charge on any atom is -0.385 e. The Bertz CT molecular complexity index is 963. The van der Waals surface area contributed by atoms with E-state index in [9.17, 15) is 21.6 Å². The zero-order valence-electron chi connectivity index (χ0n) is 17.3. The van der Waals surface area contributed by atoms with Crippen molar-refractivity contribution in [2.75, 3.05) is 33.4 Å². The van der Waals surface area contributed by atoms with Gasteiger partial charge in [-0.25, -0.2) is 22.0 Å². The summed E-state index contributed by atoms with van der Waals surface area (Å²) in [5.41, 5.74) is -0.368. The highest BCUT2D eigenvalue weighted by Crippen LogP contribution is 2.43. The van der Waals surface area contributed by atoms with Gasteiger partial charge in [0.15, 0.2) is 0 Å². The van der Waals surface area contributed by atoms with Crippen LogP contribution in [0.25, 0.3) is 0 Å². The SMILES string of the molecule is CCN(C(=O)C(C)(C)C)[C@H]1CN(CCCOC)S(=O)(=O)c2sc(S(N)(=O)=O)cc21. The molecule has 29 heavy (non-hydrogen) atoms. The number of hydrogen-bond donors (Lipinski definition) is 1. The van der Waals surface area contributed by atoms with E-state index in [0.717, 1.165) is 0 Å². The van der Waals surface area contributed by atoms with Gasteiger partial charge in [0.05, 0.1) is 6.04 Å². The van der Waals surface area contributed by atoms with Gasteiger partial charge in [0.2, 0.25) is 15.9 Å². The molecule has 0 saturated carbocycles. The fourth-order valence-corrected chi connectivity index (χ4v) is 7.53. The maximum atomic E-state index is 13.1. The van der Waals surface area contributed by atoms with Crippen molar-refractivity contribution in [2.24, 2.45) is 10.6 Å². The number of likely N-dealkylation sites (N-methyl/N-ethyl adjacent to an activating group) is 1. The van der Waals surface area contributed by atoms with Crippen molar-refractivity contribution < 1.29 is 26.4 Å². The summed E-state index contributed by atoms with van der Waals surface area (Å²) < 4.78 is 56.0. The van der Waals surface area contributed by atoms with Crippen molar-refractivity contribution in [3.05, 3.63) is 11.6 Å². The van der Waals surface area contributed by atoms with Crippen LogP contribution >= 0.6 is 11.3 Å². The monoisotopic (exact) mass is 467 g/mol. The number of methoxy groups -OCH3 is 1. The summed E-state index contributed by atoms with van der Waals surface area (Å²) in [5.74, 6) is -0.143. The number of carbonyl (C=O) groups excluding carboxylic acids is 1. The van der Waals surface area contributed by atoms with Gasteiger partial charge in [0.1, 0.15) is 8.42 Å². The average Bonchev–Trinajstić information content (AvgIpc) is 3.05. The standard InChI is InChI=1S/C17H29N3O6S3/c1-6-20(16(21)17(2,3)4)13-11-19(8-7-9-26-5)29(24,25)15-12(13)10-14(27-15)28(18,22)23/h10,13H,6-9,11H2,1-5H3,(H2,18,22,23)/t13-/m0/s1. The van der Waals surface area contributed by atoms with Crippen LogP contribution in [-0.4, -0.2) is 65.3 Å². The topological polar surface area (TPSA) is 127 Å². The Balaban J connectivity index is 2.62. The van der Waals surface area contributed by atoms with Crippen molar-refractivity contribution in [1.29, 1.82) is 0 Å². The van der Waals surface area contributed by atoms with Gasteiger partial charge in [-0.1, -0.05) is 20.8 Å². The largest absolute Gasteiger partial charge is 0.385 e. The van der Waals surface area contributed by atoms with E-state index in [1.165, 1.54) is 17.5 Å². The molecule has 0 unspecified atom stereocenters. The van der Waals surface area contributed by atoms with Crippen molar-refractivity contribution in [1.82, 2.24) is 9.21 Å². The van der Waals surface area contributed by atoms with Gasteiger partial charge in [0.25, 0.3) is 10.0 Å². The summed E-state index contributed by atoms with van der Waals surface area (Å²) in [5, 5.41) is 5.25. The van der Waals surface area contributed by atoms with E-state index in [2.05, 4.69) is 0 Å². The molecular weight excluding hydrogens is 438 g/mol. The van der Waals surface area contributed by atoms with Crippen molar-refractivity contribution in [2.45, 2.75) is 48.6 Å². The molecule has 1 aliphatic rings. The molecule has 9 nitrogen and oxygen atoms in total. The molecule has 1 amide bonds. The minimum atomic E-state index is -4.08. The normalized spacial score (nSPS) is 19.7. The summed E-state index contributed by atoms with van der Waals surface area (Å²) in [6, 6.07) is 0.697. The van der Waals surface area contributed by atoms with Gasteiger partial charge in [-0.15, -0.1) is 11.3 Å². The second kappa shape index (κ2) is 8.60. The van der Waals surface area contributed by atoms with Gasteiger partial charge in [-0.3, -0.25) is 4.79 Å². The first-order valence-corrected chi connectivity index (χ1v) is 13.0. The molecular formula is C17H29N3O6S3. The Morgan fingerprint density at radius 3 is 2.52 bits per heavy atom. The Morgan fingerprint density at radius 1 is 1.41 bits per heavy atom. The Labute approximate surface area is 176 Å². The molecule has 2 N–H and O–H groups in total. The first-order valence-electron chi connectivity index (χ1n) is 9.21. The first kappa shape index (κ1) is 24.2. The average molecular weight is 468 g/mol. The zero-order chi connectivity index (χ0) is 22.2. The van der Waals surface area contributed by atoms with Crippen LogP contribution in [0.5, 0.6) is 0 Å². The molecule has 0 saturated heterocycles. The Kier molecular flexibility index (Phi) is 7.18. The van der Waals surface area contributed by atoms with Crippen LogP contribution in [0.2, 0.25) is 0 Å². The molecule has 2 heterocycles. The molecule has 1 aromatic heterocycles. The van der Waals surface area contributed by atoms with Crippen molar-refractivity contribution in [3.63, 3.8) is 0 Å². The number of fused-ring (bicyclic) bond motifs is 1. The van der Waals surface area contributed by atoms with Crippen LogP contribution in [0.1, 0.15) is 45.7 Å². The first-order chi connectivity index (χ1) is 13.2. The van der Waals surface area contributed by atoms with E-state index in [1.54, 1.807) is 25.7 Å². The molecule has 1 aromatic rings. The number of nitrogens with zero attached hydrogens (tertiary/aromatic N) is 2. The number of hydrogen-bond acceptors (Lipinski definition) is 7. The lowest BCUT2D eigenvalue weighted by Gasteiger charge is -2.40. The van der Waals surface area contributed by atoms with Crippen LogP contribution in [0.4, 0.5) is 0 Å². The molecule has 166 valence electrons. The highest BCUT2D eigenvalue weighted by molar-refractivity contribution is 7.94. The van der Waals surface area contributed by atoms with Crippen molar-refractivity contribution >= 4 is 37.3 Å². The molecule has 0 spiro atoms. The molecule has 0 aromatic carbocycles. The van der Waals surface area contributed by atoms with Crippen LogP contribution < -0.4 is 5.14 Å². The Hall–Kier alpha value is -1.05. The Morgan fingerprint density at radius 2 is 2.03 bits per heavy atom. The molecule has 0 radical (unpaired) electrons. The van der Waals surface area contributed by atoms with E-state index < -0.39 is 31.5 Å². The van der Waals surface area contributed by atoms with Gasteiger partial charge >= 0.3 is 0 Å². The predicted octanol–water partition coefficient (Wildman–Crippen LogP) is 1.37. The highest BCUT2D eigenvalue weighted by Gasteiger charge is 2.44. The fraction of sp³-hybridized carbons (Fsp3) is 0.706. The predicted molar refractivity (Wildman–Crippen MR) is 111 cm³/mol. The smallest absolute Gasteiger partial charge is 0.253 e. The van der Waals surface area contributed by atoms with E-state index in [1.807, 2.05) is 6.92 Å². The summed E-state index contributed by atoms with van der Waals surface area (Å²) in [6.45, 7) is 8.18. The second-order valence-electron chi connectivity index (χ2n) is 7.92. The maximum Gasteiger partial charge on any atom is 0.253 e. The molecule has 12 heteroatoms. The molecule has 0 bridgehead atoms. The number of ether oxygens (including phenoxy) is 1. The number of sulfonamides is 2. The molecule has 0 aliphatic carbocycles. The van der Waals surface area contributed by atoms with Crippen LogP contribution in [-0.2, 0) is 29.6 Å². The lowest BCUT2D eigenvalue weighted by atomic mass is 9.93. The number of rotatable bonds is 7. The summed E-state index contributed by atoms with van der Waals surface area (Å²) in [4.78, 5) is 14.6. The summed E-state index contributed by atoms with van der Waals surface area (Å²) >= 11 is 0.631. The van der Waals surface area contributed by atoms with E-state index >= 15 is 0 Å².